The molecule has 1 amide bonds. The SMILES string of the molecule is C=CC[C@@H](c1nccc(Cl)c1F)N(CC(C)(C)C)C(=O)O. The van der Waals surface area contributed by atoms with E-state index in [1.807, 2.05) is 20.8 Å². The van der Waals surface area contributed by atoms with Crippen molar-refractivity contribution in [3.63, 3.8) is 0 Å². The maximum absolute atomic E-state index is 14.2. The van der Waals surface area contributed by atoms with Crippen LogP contribution in [0.5, 0.6) is 0 Å². The van der Waals surface area contributed by atoms with Gasteiger partial charge < -0.3 is 5.11 Å². The summed E-state index contributed by atoms with van der Waals surface area (Å²) < 4.78 is 14.2. The molecule has 116 valence electrons. The molecule has 0 aliphatic carbocycles. The Labute approximate surface area is 129 Å². The first-order valence-corrected chi connectivity index (χ1v) is 6.95. The van der Waals surface area contributed by atoms with E-state index < -0.39 is 18.0 Å². The lowest BCUT2D eigenvalue weighted by molar-refractivity contribution is 0.0997. The zero-order chi connectivity index (χ0) is 16.2. The Kier molecular flexibility index (Phi) is 5.72. The Morgan fingerprint density at radius 2 is 2.24 bits per heavy atom. The minimum absolute atomic E-state index is 0.0223. The second-order valence-electron chi connectivity index (χ2n) is 6.00. The highest BCUT2D eigenvalue weighted by Gasteiger charge is 2.31. The molecule has 0 radical (unpaired) electrons. The van der Waals surface area contributed by atoms with E-state index in [2.05, 4.69) is 11.6 Å². The first-order valence-electron chi connectivity index (χ1n) is 6.57. The number of pyridine rings is 1. The summed E-state index contributed by atoms with van der Waals surface area (Å²) in [5.41, 5.74) is -0.249. The van der Waals surface area contributed by atoms with Crippen LogP contribution in [0.2, 0.25) is 5.02 Å². The van der Waals surface area contributed by atoms with E-state index in [1.165, 1.54) is 17.2 Å². The van der Waals surface area contributed by atoms with E-state index in [4.69, 9.17) is 11.6 Å². The van der Waals surface area contributed by atoms with Gasteiger partial charge in [0.15, 0.2) is 5.82 Å². The van der Waals surface area contributed by atoms with Gasteiger partial charge in [-0.25, -0.2) is 9.18 Å². The summed E-state index contributed by atoms with van der Waals surface area (Å²) in [6, 6.07) is 0.582. The second-order valence-corrected chi connectivity index (χ2v) is 6.41. The van der Waals surface area contributed by atoms with E-state index >= 15 is 0 Å². The number of hydrogen-bond acceptors (Lipinski definition) is 2. The monoisotopic (exact) mass is 314 g/mol. The highest BCUT2D eigenvalue weighted by Crippen LogP contribution is 2.31. The van der Waals surface area contributed by atoms with Gasteiger partial charge in [0.25, 0.3) is 0 Å². The first kappa shape index (κ1) is 17.4. The van der Waals surface area contributed by atoms with Crippen LogP contribution in [0.1, 0.15) is 38.9 Å². The third-order valence-electron chi connectivity index (χ3n) is 2.84. The molecule has 1 atom stereocenters. The fourth-order valence-corrected chi connectivity index (χ4v) is 2.19. The van der Waals surface area contributed by atoms with Gasteiger partial charge in [-0.3, -0.25) is 9.88 Å². The Hall–Kier alpha value is -1.62. The molecule has 1 heterocycles. The van der Waals surface area contributed by atoms with E-state index in [0.717, 1.165) is 0 Å². The summed E-state index contributed by atoms with van der Waals surface area (Å²) in [7, 11) is 0. The van der Waals surface area contributed by atoms with Crippen LogP contribution < -0.4 is 0 Å². The van der Waals surface area contributed by atoms with Gasteiger partial charge in [0, 0.05) is 12.7 Å². The lowest BCUT2D eigenvalue weighted by Gasteiger charge is -2.33. The Bertz CT molecular complexity index is 529. The second kappa shape index (κ2) is 6.89. The number of carboxylic acid groups (broad SMARTS) is 1. The Balaban J connectivity index is 3.27. The largest absolute Gasteiger partial charge is 0.465 e. The minimum atomic E-state index is -1.13. The highest BCUT2D eigenvalue weighted by atomic mass is 35.5. The highest BCUT2D eigenvalue weighted by molar-refractivity contribution is 6.30. The molecule has 1 N–H and O–H groups in total. The molecule has 4 nitrogen and oxygen atoms in total. The topological polar surface area (TPSA) is 53.4 Å². The van der Waals surface area contributed by atoms with Crippen LogP contribution in [-0.2, 0) is 0 Å². The number of rotatable bonds is 5. The zero-order valence-electron chi connectivity index (χ0n) is 12.4. The molecule has 0 bridgehead atoms. The molecule has 21 heavy (non-hydrogen) atoms. The molecule has 0 spiro atoms. The summed E-state index contributed by atoms with van der Waals surface area (Å²) >= 11 is 5.77. The predicted octanol–water partition coefficient (Wildman–Crippen LogP) is 4.52. The van der Waals surface area contributed by atoms with Crippen LogP contribution in [0.15, 0.2) is 24.9 Å². The van der Waals surface area contributed by atoms with Gasteiger partial charge >= 0.3 is 6.09 Å². The van der Waals surface area contributed by atoms with Crippen molar-refractivity contribution in [2.75, 3.05) is 6.54 Å². The van der Waals surface area contributed by atoms with Crippen molar-refractivity contribution >= 4 is 17.7 Å². The molecule has 1 rings (SSSR count). The maximum Gasteiger partial charge on any atom is 0.407 e. The predicted molar refractivity (Wildman–Crippen MR) is 80.9 cm³/mol. The zero-order valence-corrected chi connectivity index (χ0v) is 13.2. The summed E-state index contributed by atoms with van der Waals surface area (Å²) in [5.74, 6) is -0.689. The number of carbonyl (C=O) groups is 1. The van der Waals surface area contributed by atoms with E-state index in [0.29, 0.717) is 0 Å². The van der Waals surface area contributed by atoms with Gasteiger partial charge in [0.2, 0.25) is 0 Å². The normalized spacial score (nSPS) is 12.8. The molecule has 0 fully saturated rings. The molecule has 0 saturated carbocycles. The van der Waals surface area contributed by atoms with Crippen LogP contribution in [0, 0.1) is 11.2 Å². The van der Waals surface area contributed by atoms with Gasteiger partial charge in [0.1, 0.15) is 5.69 Å². The Morgan fingerprint density at radius 1 is 1.62 bits per heavy atom. The summed E-state index contributed by atoms with van der Waals surface area (Å²) in [6.07, 6.45) is 2.05. The third-order valence-corrected chi connectivity index (χ3v) is 3.13. The van der Waals surface area contributed by atoms with Crippen molar-refractivity contribution in [1.82, 2.24) is 9.88 Å². The van der Waals surface area contributed by atoms with Crippen LogP contribution in [0.3, 0.4) is 0 Å². The van der Waals surface area contributed by atoms with Crippen molar-refractivity contribution in [2.24, 2.45) is 5.41 Å². The lowest BCUT2D eigenvalue weighted by atomic mass is 9.94. The van der Waals surface area contributed by atoms with E-state index in [1.54, 1.807) is 6.08 Å². The van der Waals surface area contributed by atoms with Crippen LogP contribution >= 0.6 is 11.6 Å². The molecule has 0 saturated heterocycles. The number of hydrogen-bond donors (Lipinski definition) is 1. The fraction of sp³-hybridized carbons (Fsp3) is 0.467. The average Bonchev–Trinajstić information content (AvgIpc) is 2.36. The number of amides is 1. The molecule has 0 unspecified atom stereocenters. The van der Waals surface area contributed by atoms with Crippen LogP contribution in [0.25, 0.3) is 0 Å². The van der Waals surface area contributed by atoms with E-state index in [9.17, 15) is 14.3 Å². The quantitative estimate of drug-likeness (QED) is 0.813. The standard InChI is InChI=1S/C15H20ClFN2O2/c1-5-6-11(13-12(17)10(16)7-8-18-13)19(14(20)21)9-15(2,3)4/h5,7-8,11H,1,6,9H2,2-4H3,(H,20,21)/t11-/m0/s1. The molecular weight excluding hydrogens is 295 g/mol. The minimum Gasteiger partial charge on any atom is -0.465 e. The Morgan fingerprint density at radius 3 is 2.71 bits per heavy atom. The van der Waals surface area contributed by atoms with Crippen molar-refractivity contribution in [1.29, 1.82) is 0 Å². The smallest absolute Gasteiger partial charge is 0.407 e. The van der Waals surface area contributed by atoms with Gasteiger partial charge in [0.05, 0.1) is 11.1 Å². The molecule has 0 aliphatic rings. The van der Waals surface area contributed by atoms with Gasteiger partial charge in [-0.15, -0.1) is 6.58 Å². The molecule has 0 aromatic carbocycles. The summed E-state index contributed by atoms with van der Waals surface area (Å²) in [5, 5.41) is 9.39. The number of aromatic nitrogens is 1. The van der Waals surface area contributed by atoms with Crippen LogP contribution in [-0.4, -0.2) is 27.6 Å². The van der Waals surface area contributed by atoms with Crippen molar-refractivity contribution in [2.45, 2.75) is 33.2 Å². The molecule has 1 aromatic rings. The summed E-state index contributed by atoms with van der Waals surface area (Å²) in [6.45, 7) is 9.60. The molecule has 0 aliphatic heterocycles. The molecular formula is C15H20ClFN2O2. The number of nitrogens with zero attached hydrogens (tertiary/aromatic N) is 2. The molecule has 1 aromatic heterocycles. The average molecular weight is 315 g/mol. The molecule has 6 heteroatoms. The third kappa shape index (κ3) is 4.70. The first-order chi connectivity index (χ1) is 9.67. The van der Waals surface area contributed by atoms with Crippen molar-refractivity contribution < 1.29 is 14.3 Å². The van der Waals surface area contributed by atoms with Crippen molar-refractivity contribution in [3.05, 3.63) is 41.5 Å². The fourth-order valence-electron chi connectivity index (χ4n) is 2.03. The van der Waals surface area contributed by atoms with Crippen molar-refractivity contribution in [3.8, 4) is 0 Å². The summed E-state index contributed by atoms with van der Waals surface area (Å²) in [4.78, 5) is 16.7. The lowest BCUT2D eigenvalue weighted by Crippen LogP contribution is -2.40. The maximum atomic E-state index is 14.2. The van der Waals surface area contributed by atoms with Crippen LogP contribution in [0.4, 0.5) is 9.18 Å². The van der Waals surface area contributed by atoms with Gasteiger partial charge in [-0.05, 0) is 17.9 Å². The van der Waals surface area contributed by atoms with Gasteiger partial charge in [-0.1, -0.05) is 38.4 Å². The van der Waals surface area contributed by atoms with Gasteiger partial charge in [-0.2, -0.15) is 0 Å². The van der Waals surface area contributed by atoms with E-state index in [-0.39, 0.29) is 29.1 Å². The number of halogens is 2.